The lowest BCUT2D eigenvalue weighted by Crippen LogP contribution is -2.47. The van der Waals surface area contributed by atoms with E-state index in [0.717, 1.165) is 25.9 Å². The maximum atomic E-state index is 11.0. The van der Waals surface area contributed by atoms with Crippen molar-refractivity contribution in [3.05, 3.63) is 0 Å². The molecule has 3 N–H and O–H groups in total. The van der Waals surface area contributed by atoms with Crippen LogP contribution in [-0.2, 0) is 11.3 Å². The molecule has 1 unspecified atom stereocenters. The Labute approximate surface area is 85.4 Å². The van der Waals surface area contributed by atoms with E-state index in [2.05, 4.69) is 5.43 Å². The van der Waals surface area contributed by atoms with Crippen molar-refractivity contribution in [2.24, 2.45) is 0 Å². The topological polar surface area (TPSA) is 81.7 Å². The molecule has 1 fully saturated rings. The third-order valence-corrected chi connectivity index (χ3v) is 2.41. The lowest BCUT2D eigenvalue weighted by molar-refractivity contribution is 0.184. The zero-order chi connectivity index (χ0) is 10.4. The molecule has 0 radical (unpaired) electrons. The first kappa shape index (κ1) is 11.4. The standard InChI is InChI=1S/C7H15N3O3S/c11-7(9-14(12)13)8-10-5-3-1-2-4-6-10/h1-6H2,(H,12,13)(H2,8,9,11). The van der Waals surface area contributed by atoms with E-state index in [-0.39, 0.29) is 0 Å². The average Bonchev–Trinajstić information content (AvgIpc) is 2.31. The van der Waals surface area contributed by atoms with Crippen LogP contribution in [0.5, 0.6) is 0 Å². The Morgan fingerprint density at radius 2 is 1.79 bits per heavy atom. The van der Waals surface area contributed by atoms with Gasteiger partial charge < -0.3 is 0 Å². The normalized spacial score (nSPS) is 20.9. The SMILES string of the molecule is O=C(NN1CCCCCC1)NS(=O)O. The summed E-state index contributed by atoms with van der Waals surface area (Å²) in [6, 6.07) is -0.632. The number of hydrogen-bond donors (Lipinski definition) is 3. The minimum atomic E-state index is -2.29. The molecule has 6 nitrogen and oxygen atoms in total. The van der Waals surface area contributed by atoms with E-state index in [0.29, 0.717) is 0 Å². The van der Waals surface area contributed by atoms with Gasteiger partial charge >= 0.3 is 6.03 Å². The molecule has 1 rings (SSSR count). The van der Waals surface area contributed by atoms with Gasteiger partial charge in [-0.15, -0.1) is 0 Å². The van der Waals surface area contributed by atoms with Gasteiger partial charge in [-0.1, -0.05) is 12.8 Å². The summed E-state index contributed by atoms with van der Waals surface area (Å²) in [5.74, 6) is 0. The van der Waals surface area contributed by atoms with Gasteiger partial charge in [-0.05, 0) is 12.8 Å². The summed E-state index contributed by atoms with van der Waals surface area (Å²) in [7, 11) is 0. The van der Waals surface area contributed by atoms with E-state index < -0.39 is 17.3 Å². The fourth-order valence-electron chi connectivity index (χ4n) is 1.43. The molecule has 1 aliphatic heterocycles. The van der Waals surface area contributed by atoms with Crippen LogP contribution in [0.1, 0.15) is 25.7 Å². The third-order valence-electron chi connectivity index (χ3n) is 2.05. The highest BCUT2D eigenvalue weighted by Gasteiger charge is 2.12. The second-order valence-corrected chi connectivity index (χ2v) is 3.90. The molecule has 1 saturated heterocycles. The molecule has 1 heterocycles. The third kappa shape index (κ3) is 4.54. The van der Waals surface area contributed by atoms with E-state index in [1.54, 1.807) is 5.01 Å². The number of hydrazine groups is 1. The molecule has 1 aliphatic rings. The van der Waals surface area contributed by atoms with Gasteiger partial charge in [-0.3, -0.25) is 9.98 Å². The summed E-state index contributed by atoms with van der Waals surface area (Å²) in [6.45, 7) is 1.59. The number of hydrogen-bond acceptors (Lipinski definition) is 3. The van der Waals surface area contributed by atoms with Crippen molar-refractivity contribution in [3.8, 4) is 0 Å². The van der Waals surface area contributed by atoms with Crippen LogP contribution in [0.3, 0.4) is 0 Å². The fourth-order valence-corrected chi connectivity index (χ4v) is 1.63. The molecule has 0 aromatic heterocycles. The average molecular weight is 221 g/mol. The Balaban J connectivity index is 2.27. The molecule has 0 aromatic carbocycles. The number of carbonyl (C=O) groups is 1. The second-order valence-electron chi connectivity index (χ2n) is 3.19. The molecule has 14 heavy (non-hydrogen) atoms. The smallest absolute Gasteiger partial charge is 0.289 e. The van der Waals surface area contributed by atoms with Crippen molar-refractivity contribution in [1.29, 1.82) is 0 Å². The van der Waals surface area contributed by atoms with Gasteiger partial charge in [0.05, 0.1) is 0 Å². The molecular weight excluding hydrogens is 206 g/mol. The molecule has 0 spiro atoms. The predicted molar refractivity (Wildman–Crippen MR) is 52.5 cm³/mol. The molecular formula is C7H15N3O3S. The number of carbonyl (C=O) groups excluding carboxylic acids is 1. The van der Waals surface area contributed by atoms with Gasteiger partial charge in [0.2, 0.25) is 0 Å². The largest absolute Gasteiger partial charge is 0.342 e. The number of nitrogens with zero attached hydrogens (tertiary/aromatic N) is 1. The monoisotopic (exact) mass is 221 g/mol. The van der Waals surface area contributed by atoms with Gasteiger partial charge in [0.1, 0.15) is 0 Å². The molecule has 0 aliphatic carbocycles. The summed E-state index contributed by atoms with van der Waals surface area (Å²) in [5.41, 5.74) is 2.52. The van der Waals surface area contributed by atoms with Crippen LogP contribution in [0.2, 0.25) is 0 Å². The zero-order valence-electron chi connectivity index (χ0n) is 7.86. The second kappa shape index (κ2) is 5.94. The first-order chi connectivity index (χ1) is 6.68. The Morgan fingerprint density at radius 3 is 2.29 bits per heavy atom. The Hall–Kier alpha value is -0.660. The first-order valence-corrected chi connectivity index (χ1v) is 5.72. The van der Waals surface area contributed by atoms with Crippen LogP contribution in [0, 0.1) is 0 Å². The lowest BCUT2D eigenvalue weighted by atomic mass is 10.2. The Morgan fingerprint density at radius 1 is 1.21 bits per heavy atom. The Kier molecular flexibility index (Phi) is 4.85. The highest BCUT2D eigenvalue weighted by Crippen LogP contribution is 2.07. The van der Waals surface area contributed by atoms with E-state index in [9.17, 15) is 9.00 Å². The van der Waals surface area contributed by atoms with Crippen LogP contribution >= 0.6 is 0 Å². The predicted octanol–water partition coefficient (Wildman–Crippen LogP) is 0.213. The van der Waals surface area contributed by atoms with Crippen molar-refractivity contribution in [2.75, 3.05) is 13.1 Å². The maximum absolute atomic E-state index is 11.0. The van der Waals surface area contributed by atoms with E-state index in [1.165, 1.54) is 12.8 Å². The van der Waals surface area contributed by atoms with Gasteiger partial charge in [-0.25, -0.2) is 18.7 Å². The number of rotatable bonds is 2. The highest BCUT2D eigenvalue weighted by molar-refractivity contribution is 7.77. The van der Waals surface area contributed by atoms with Gasteiger partial charge in [0, 0.05) is 13.1 Å². The molecule has 82 valence electrons. The van der Waals surface area contributed by atoms with Gasteiger partial charge in [0.15, 0.2) is 0 Å². The molecule has 7 heteroatoms. The minimum Gasteiger partial charge on any atom is -0.289 e. The zero-order valence-corrected chi connectivity index (χ0v) is 8.68. The summed E-state index contributed by atoms with van der Waals surface area (Å²) < 4.78 is 20.5. The van der Waals surface area contributed by atoms with E-state index in [4.69, 9.17) is 4.55 Å². The number of amides is 2. The minimum absolute atomic E-state index is 0.632. The summed E-state index contributed by atoms with van der Waals surface area (Å²) in [5, 5.41) is 1.77. The summed E-state index contributed by atoms with van der Waals surface area (Å²) in [4.78, 5) is 11.0. The molecule has 0 bridgehead atoms. The maximum Gasteiger partial charge on any atom is 0.342 e. The first-order valence-electron chi connectivity index (χ1n) is 4.61. The number of urea groups is 1. The van der Waals surface area contributed by atoms with E-state index >= 15 is 0 Å². The molecule has 2 amide bonds. The van der Waals surface area contributed by atoms with Crippen LogP contribution in [0.15, 0.2) is 0 Å². The quantitative estimate of drug-likeness (QED) is 0.582. The lowest BCUT2D eigenvalue weighted by Gasteiger charge is -2.20. The van der Waals surface area contributed by atoms with Crippen molar-refractivity contribution >= 4 is 17.3 Å². The Bertz CT molecular complexity index is 216. The van der Waals surface area contributed by atoms with Crippen LogP contribution in [0.25, 0.3) is 0 Å². The molecule has 1 atom stereocenters. The van der Waals surface area contributed by atoms with Crippen molar-refractivity contribution < 1.29 is 13.6 Å². The van der Waals surface area contributed by atoms with Gasteiger partial charge in [-0.2, -0.15) is 0 Å². The fraction of sp³-hybridized carbons (Fsp3) is 0.857. The van der Waals surface area contributed by atoms with Crippen molar-refractivity contribution in [3.63, 3.8) is 0 Å². The van der Waals surface area contributed by atoms with E-state index in [1.807, 2.05) is 4.72 Å². The summed E-state index contributed by atoms with van der Waals surface area (Å²) >= 11 is -2.29. The number of nitrogens with one attached hydrogen (secondary N) is 2. The summed E-state index contributed by atoms with van der Waals surface area (Å²) in [6.07, 6.45) is 4.43. The van der Waals surface area contributed by atoms with Crippen molar-refractivity contribution in [2.45, 2.75) is 25.7 Å². The molecule has 0 aromatic rings. The van der Waals surface area contributed by atoms with Crippen LogP contribution in [-0.4, -0.2) is 32.9 Å². The highest BCUT2D eigenvalue weighted by atomic mass is 32.2. The van der Waals surface area contributed by atoms with Crippen LogP contribution < -0.4 is 10.1 Å². The van der Waals surface area contributed by atoms with Crippen LogP contribution in [0.4, 0.5) is 4.79 Å². The van der Waals surface area contributed by atoms with Crippen molar-refractivity contribution in [1.82, 2.24) is 15.2 Å². The molecule has 0 saturated carbocycles. The van der Waals surface area contributed by atoms with Gasteiger partial charge in [0.25, 0.3) is 11.3 Å².